The Kier molecular flexibility index (Phi) is 1.61. The van der Waals surface area contributed by atoms with Crippen molar-refractivity contribution in [2.75, 3.05) is 6.54 Å². The molecule has 0 aromatic carbocycles. The molecule has 13 heavy (non-hydrogen) atoms. The number of aliphatic hydroxyl groups excluding tert-OH is 1. The van der Waals surface area contributed by atoms with Gasteiger partial charge in [-0.25, -0.2) is 0 Å². The Hall–Kier alpha value is -0.765. The molecule has 2 unspecified atom stereocenters. The number of rotatable bonds is 0. The number of nitrogens with zero attached hydrogens (tertiary/aromatic N) is 1. The van der Waals surface area contributed by atoms with Gasteiger partial charge in [-0.3, -0.25) is 4.79 Å². The maximum Gasteiger partial charge on any atom is 0.249 e. The lowest BCUT2D eigenvalue weighted by molar-refractivity contribution is -0.126. The highest BCUT2D eigenvalue weighted by molar-refractivity contribution is 6.22. The molecule has 0 spiro atoms. The number of carbonyl (C=O) groups excluding carboxylic acids is 1. The molecule has 1 N–H and O–H groups in total. The summed E-state index contributed by atoms with van der Waals surface area (Å²) >= 11 is 0. The van der Waals surface area contributed by atoms with Gasteiger partial charge in [0.2, 0.25) is 5.91 Å². The molecule has 2 heterocycles. The zero-order valence-corrected chi connectivity index (χ0v) is 8.29. The molecule has 1 fully saturated rings. The van der Waals surface area contributed by atoms with Gasteiger partial charge in [0.05, 0.1) is 6.10 Å². The van der Waals surface area contributed by atoms with E-state index in [9.17, 15) is 9.90 Å². The minimum atomic E-state index is -0.350. The standard InChI is InChI=1S/C9H14BNO2/c1-5-6(2)9(10)3-7(12)4-11(9)8(5)13/h7,12H,3-4,10H2,1-2H3. The Morgan fingerprint density at radius 1 is 1.62 bits per heavy atom. The normalized spacial score (nSPS) is 38.8. The molecule has 0 aromatic rings. The first-order valence-electron chi connectivity index (χ1n) is 4.65. The first kappa shape index (κ1) is 8.82. The summed E-state index contributed by atoms with van der Waals surface area (Å²) in [7, 11) is 2.03. The fourth-order valence-corrected chi connectivity index (χ4v) is 2.48. The minimum Gasteiger partial charge on any atom is -0.391 e. The van der Waals surface area contributed by atoms with E-state index in [0.717, 1.165) is 11.1 Å². The third-order valence-electron chi connectivity index (χ3n) is 3.56. The second-order valence-corrected chi connectivity index (χ2v) is 4.30. The van der Waals surface area contributed by atoms with Crippen molar-refractivity contribution < 1.29 is 9.90 Å². The van der Waals surface area contributed by atoms with Crippen LogP contribution in [0.1, 0.15) is 20.3 Å². The molecule has 2 aliphatic rings. The van der Waals surface area contributed by atoms with Crippen LogP contribution < -0.4 is 0 Å². The average Bonchev–Trinajstić information content (AvgIpc) is 2.44. The lowest BCUT2D eigenvalue weighted by Gasteiger charge is -2.29. The van der Waals surface area contributed by atoms with Crippen molar-refractivity contribution in [2.24, 2.45) is 0 Å². The predicted molar refractivity (Wildman–Crippen MR) is 52.0 cm³/mol. The zero-order valence-electron chi connectivity index (χ0n) is 8.29. The first-order chi connectivity index (χ1) is 5.97. The summed E-state index contributed by atoms with van der Waals surface area (Å²) < 4.78 is 0. The lowest BCUT2D eigenvalue weighted by atomic mass is 9.71. The van der Waals surface area contributed by atoms with Crippen molar-refractivity contribution in [3.63, 3.8) is 0 Å². The second-order valence-electron chi connectivity index (χ2n) is 4.30. The van der Waals surface area contributed by atoms with Gasteiger partial charge in [0.15, 0.2) is 0 Å². The number of amides is 1. The summed E-state index contributed by atoms with van der Waals surface area (Å²) in [6, 6.07) is 0. The Balaban J connectivity index is 2.45. The van der Waals surface area contributed by atoms with E-state index in [2.05, 4.69) is 0 Å². The number of carbonyl (C=O) groups is 1. The van der Waals surface area contributed by atoms with E-state index in [1.54, 1.807) is 4.90 Å². The highest BCUT2D eigenvalue weighted by Crippen LogP contribution is 2.40. The zero-order chi connectivity index (χ0) is 9.80. The van der Waals surface area contributed by atoms with Crippen molar-refractivity contribution in [1.82, 2.24) is 4.90 Å². The fourth-order valence-electron chi connectivity index (χ4n) is 2.48. The molecule has 1 amide bonds. The summed E-state index contributed by atoms with van der Waals surface area (Å²) in [4.78, 5) is 13.5. The van der Waals surface area contributed by atoms with Crippen molar-refractivity contribution in [3.8, 4) is 0 Å². The molecule has 0 saturated carbocycles. The summed E-state index contributed by atoms with van der Waals surface area (Å²) in [6.07, 6.45) is 0.332. The predicted octanol–water partition coefficient (Wildman–Crippen LogP) is -0.741. The van der Waals surface area contributed by atoms with Crippen LogP contribution in [0.3, 0.4) is 0 Å². The molecule has 2 aliphatic heterocycles. The third-order valence-corrected chi connectivity index (χ3v) is 3.56. The topological polar surface area (TPSA) is 40.5 Å². The van der Waals surface area contributed by atoms with Crippen LogP contribution in [0.4, 0.5) is 0 Å². The van der Waals surface area contributed by atoms with Gasteiger partial charge in [-0.05, 0) is 25.8 Å². The smallest absolute Gasteiger partial charge is 0.249 e. The van der Waals surface area contributed by atoms with Crippen molar-refractivity contribution in [2.45, 2.75) is 31.8 Å². The van der Waals surface area contributed by atoms with Crippen molar-refractivity contribution >= 4 is 13.8 Å². The Morgan fingerprint density at radius 2 is 2.23 bits per heavy atom. The van der Waals surface area contributed by atoms with Gasteiger partial charge in [0.25, 0.3) is 0 Å². The molecule has 0 bridgehead atoms. The van der Waals surface area contributed by atoms with Crippen LogP contribution in [0.15, 0.2) is 11.1 Å². The molecule has 0 radical (unpaired) electrons. The van der Waals surface area contributed by atoms with E-state index < -0.39 is 0 Å². The van der Waals surface area contributed by atoms with Crippen LogP contribution in [-0.2, 0) is 4.79 Å². The van der Waals surface area contributed by atoms with Gasteiger partial charge in [-0.1, -0.05) is 0 Å². The molecule has 4 heteroatoms. The Morgan fingerprint density at radius 3 is 2.77 bits per heavy atom. The molecule has 2 atom stereocenters. The molecule has 2 rings (SSSR count). The summed E-state index contributed by atoms with van der Waals surface area (Å²) in [5.41, 5.74) is 1.77. The number of hydrogen-bond acceptors (Lipinski definition) is 2. The highest BCUT2D eigenvalue weighted by Gasteiger charge is 2.50. The maximum atomic E-state index is 11.7. The van der Waals surface area contributed by atoms with Gasteiger partial charge in [-0.15, -0.1) is 0 Å². The summed E-state index contributed by atoms with van der Waals surface area (Å²) in [5, 5.41) is 9.51. The molecular formula is C9H14BNO2. The largest absolute Gasteiger partial charge is 0.391 e. The third kappa shape index (κ3) is 0.922. The van der Waals surface area contributed by atoms with Crippen molar-refractivity contribution in [3.05, 3.63) is 11.1 Å². The Labute approximate surface area is 78.8 Å². The summed E-state index contributed by atoms with van der Waals surface area (Å²) in [6.45, 7) is 4.35. The maximum absolute atomic E-state index is 11.7. The van der Waals surface area contributed by atoms with Crippen LogP contribution in [-0.4, -0.2) is 41.8 Å². The average molecular weight is 179 g/mol. The van der Waals surface area contributed by atoms with E-state index in [-0.39, 0.29) is 17.4 Å². The monoisotopic (exact) mass is 179 g/mol. The molecule has 70 valence electrons. The van der Waals surface area contributed by atoms with E-state index >= 15 is 0 Å². The van der Waals surface area contributed by atoms with Crippen molar-refractivity contribution in [1.29, 1.82) is 0 Å². The van der Waals surface area contributed by atoms with Gasteiger partial charge in [0, 0.05) is 17.6 Å². The molecular weight excluding hydrogens is 165 g/mol. The molecule has 0 aromatic heterocycles. The van der Waals surface area contributed by atoms with Gasteiger partial charge in [0.1, 0.15) is 7.85 Å². The van der Waals surface area contributed by atoms with E-state index in [1.807, 2.05) is 21.7 Å². The van der Waals surface area contributed by atoms with Gasteiger partial charge in [-0.2, -0.15) is 0 Å². The molecule has 0 aliphatic carbocycles. The van der Waals surface area contributed by atoms with E-state index in [4.69, 9.17) is 0 Å². The Bertz CT molecular complexity index is 313. The number of hydrogen-bond donors (Lipinski definition) is 1. The number of aliphatic hydroxyl groups is 1. The van der Waals surface area contributed by atoms with Crippen LogP contribution in [0.25, 0.3) is 0 Å². The van der Waals surface area contributed by atoms with Crippen LogP contribution in [0, 0.1) is 0 Å². The second kappa shape index (κ2) is 2.38. The molecule has 1 saturated heterocycles. The number of fused-ring (bicyclic) bond motifs is 1. The van der Waals surface area contributed by atoms with Crippen LogP contribution in [0.2, 0.25) is 0 Å². The SMILES string of the molecule is BC12CC(O)CN1C(=O)C(C)=C2C. The highest BCUT2D eigenvalue weighted by atomic mass is 16.3. The first-order valence-corrected chi connectivity index (χ1v) is 4.65. The lowest BCUT2D eigenvalue weighted by Crippen LogP contribution is -2.43. The van der Waals surface area contributed by atoms with E-state index in [1.165, 1.54) is 0 Å². The minimum absolute atomic E-state index is 0.0940. The van der Waals surface area contributed by atoms with Crippen LogP contribution in [0.5, 0.6) is 0 Å². The van der Waals surface area contributed by atoms with Gasteiger partial charge >= 0.3 is 0 Å². The summed E-state index contributed by atoms with van der Waals surface area (Å²) in [5.74, 6) is 0.0940. The quantitative estimate of drug-likeness (QED) is 0.497. The van der Waals surface area contributed by atoms with E-state index in [0.29, 0.717) is 13.0 Å². The fraction of sp³-hybridized carbons (Fsp3) is 0.667. The van der Waals surface area contributed by atoms with Gasteiger partial charge < -0.3 is 10.0 Å². The van der Waals surface area contributed by atoms with Crippen LogP contribution >= 0.6 is 0 Å². The molecule has 3 nitrogen and oxygen atoms in total.